The van der Waals surface area contributed by atoms with E-state index in [-0.39, 0.29) is 0 Å². The summed E-state index contributed by atoms with van der Waals surface area (Å²) in [5.41, 5.74) is 12.2. The highest BCUT2D eigenvalue weighted by atomic mass is 14.2. The molecule has 1 aliphatic carbocycles. The van der Waals surface area contributed by atoms with Gasteiger partial charge in [-0.25, -0.2) is 0 Å². The first-order valence-electron chi connectivity index (χ1n) is 10.4. The number of benzene rings is 2. The third-order valence-corrected chi connectivity index (χ3v) is 5.89. The Hall–Kier alpha value is -1.56. The van der Waals surface area contributed by atoms with Gasteiger partial charge in [-0.05, 0) is 90.5 Å². The van der Waals surface area contributed by atoms with Gasteiger partial charge >= 0.3 is 0 Å². The molecule has 0 bridgehead atoms. The molecule has 25 heavy (non-hydrogen) atoms. The second-order valence-corrected chi connectivity index (χ2v) is 7.96. The first-order valence-corrected chi connectivity index (χ1v) is 10.4. The minimum absolute atomic E-state index is 1.12. The maximum Gasteiger partial charge on any atom is -0.00132 e. The lowest BCUT2D eigenvalue weighted by molar-refractivity contribution is 0.715. The van der Waals surface area contributed by atoms with Crippen LogP contribution in [0.15, 0.2) is 24.3 Å². The van der Waals surface area contributed by atoms with Crippen LogP contribution in [0.5, 0.6) is 0 Å². The van der Waals surface area contributed by atoms with E-state index in [2.05, 4.69) is 52.0 Å². The highest BCUT2D eigenvalue weighted by Crippen LogP contribution is 2.40. The van der Waals surface area contributed by atoms with Crippen molar-refractivity contribution in [2.45, 2.75) is 85.5 Å². The van der Waals surface area contributed by atoms with Crippen LogP contribution >= 0.6 is 0 Å². The van der Waals surface area contributed by atoms with Crippen molar-refractivity contribution in [3.8, 4) is 11.1 Å². The predicted molar refractivity (Wildman–Crippen MR) is 111 cm³/mol. The Morgan fingerprint density at radius 3 is 1.48 bits per heavy atom. The highest BCUT2D eigenvalue weighted by molar-refractivity contribution is 5.79. The number of aryl methyl sites for hydroxylation is 4. The molecule has 1 aliphatic rings. The number of fused-ring (bicyclic) bond motifs is 3. The first kappa shape index (κ1) is 18.2. The summed E-state index contributed by atoms with van der Waals surface area (Å²) < 4.78 is 0. The Morgan fingerprint density at radius 1 is 0.640 bits per heavy atom. The average molecular weight is 335 g/mol. The minimum Gasteiger partial charge on any atom is -0.0654 e. The van der Waals surface area contributed by atoms with Crippen LogP contribution in [0.1, 0.15) is 85.8 Å². The minimum atomic E-state index is 1.12. The van der Waals surface area contributed by atoms with Crippen molar-refractivity contribution in [2.75, 3.05) is 0 Å². The van der Waals surface area contributed by atoms with E-state index < -0.39 is 0 Å². The van der Waals surface area contributed by atoms with Gasteiger partial charge in [0.05, 0.1) is 0 Å². The van der Waals surface area contributed by atoms with Crippen LogP contribution in [0.4, 0.5) is 0 Å². The van der Waals surface area contributed by atoms with Crippen molar-refractivity contribution in [1.82, 2.24) is 0 Å². The van der Waals surface area contributed by atoms with Gasteiger partial charge in [0.1, 0.15) is 0 Å². The molecule has 2 aromatic rings. The van der Waals surface area contributed by atoms with Gasteiger partial charge in [-0.3, -0.25) is 0 Å². The Morgan fingerprint density at radius 2 is 1.08 bits per heavy atom. The molecule has 0 amide bonds. The average Bonchev–Trinajstić information content (AvgIpc) is 2.91. The fraction of sp³-hybridized carbons (Fsp3) is 0.520. The molecule has 0 heteroatoms. The van der Waals surface area contributed by atoms with Crippen LogP contribution in [0, 0.1) is 13.8 Å². The molecule has 0 atom stereocenters. The van der Waals surface area contributed by atoms with Gasteiger partial charge in [0.25, 0.3) is 0 Å². The molecule has 2 aromatic carbocycles. The van der Waals surface area contributed by atoms with E-state index in [1.165, 1.54) is 84.7 Å². The molecule has 0 unspecified atom stereocenters. The molecule has 134 valence electrons. The summed E-state index contributed by atoms with van der Waals surface area (Å²) in [4.78, 5) is 0. The normalized spacial score (nSPS) is 12.3. The maximum absolute atomic E-state index is 2.51. The maximum atomic E-state index is 2.51. The van der Waals surface area contributed by atoms with Crippen molar-refractivity contribution in [2.24, 2.45) is 0 Å². The summed E-state index contributed by atoms with van der Waals surface area (Å²) in [6.45, 7) is 9.17. The molecular weight excluding hydrogens is 300 g/mol. The standard InChI is InChI=1S/C25H34/c1-5-7-9-11-20-16-24-22(13-18(20)3)15-23-14-19(4)21(17-25(23)24)12-10-8-6-2/h13-14,16-17H,5-12,15H2,1-4H3. The highest BCUT2D eigenvalue weighted by Gasteiger charge is 2.21. The van der Waals surface area contributed by atoms with Crippen molar-refractivity contribution in [3.63, 3.8) is 0 Å². The topological polar surface area (TPSA) is 0 Å². The molecular formula is C25H34. The van der Waals surface area contributed by atoms with E-state index in [0.717, 1.165) is 6.42 Å². The van der Waals surface area contributed by atoms with Crippen LogP contribution in [-0.4, -0.2) is 0 Å². The molecule has 0 aliphatic heterocycles. The fourth-order valence-corrected chi connectivity index (χ4v) is 4.29. The lowest BCUT2D eigenvalue weighted by atomic mass is 9.93. The Kier molecular flexibility index (Phi) is 5.99. The molecule has 3 rings (SSSR count). The molecule has 0 saturated carbocycles. The quantitative estimate of drug-likeness (QED) is 0.378. The van der Waals surface area contributed by atoms with E-state index in [4.69, 9.17) is 0 Å². The van der Waals surface area contributed by atoms with Crippen molar-refractivity contribution in [3.05, 3.63) is 57.6 Å². The zero-order chi connectivity index (χ0) is 17.8. The van der Waals surface area contributed by atoms with Crippen molar-refractivity contribution in [1.29, 1.82) is 0 Å². The molecule has 0 radical (unpaired) electrons. The molecule has 0 heterocycles. The van der Waals surface area contributed by atoms with Crippen molar-refractivity contribution < 1.29 is 0 Å². The number of rotatable bonds is 8. The monoisotopic (exact) mass is 334 g/mol. The second kappa shape index (κ2) is 8.21. The third kappa shape index (κ3) is 4.00. The van der Waals surface area contributed by atoms with Gasteiger partial charge in [0, 0.05) is 0 Å². The summed E-state index contributed by atoms with van der Waals surface area (Å²) in [7, 11) is 0. The van der Waals surface area contributed by atoms with Gasteiger partial charge < -0.3 is 0 Å². The summed E-state index contributed by atoms with van der Waals surface area (Å²) in [6.07, 6.45) is 11.5. The van der Waals surface area contributed by atoms with Gasteiger partial charge in [-0.15, -0.1) is 0 Å². The van der Waals surface area contributed by atoms with Gasteiger partial charge in [0.2, 0.25) is 0 Å². The fourth-order valence-electron chi connectivity index (χ4n) is 4.29. The molecule has 0 aromatic heterocycles. The van der Waals surface area contributed by atoms with Crippen LogP contribution in [0.2, 0.25) is 0 Å². The lowest BCUT2D eigenvalue weighted by Gasteiger charge is -2.12. The predicted octanol–water partition coefficient (Wildman–Crippen LogP) is 7.34. The molecule has 0 fully saturated rings. The van der Waals surface area contributed by atoms with Crippen LogP contribution in [-0.2, 0) is 19.3 Å². The Bertz CT molecular complexity index is 673. The zero-order valence-electron chi connectivity index (χ0n) is 16.7. The summed E-state index contributed by atoms with van der Waals surface area (Å²) in [6, 6.07) is 9.94. The van der Waals surface area contributed by atoms with E-state index in [1.54, 1.807) is 11.1 Å². The van der Waals surface area contributed by atoms with Crippen molar-refractivity contribution >= 4 is 0 Å². The van der Waals surface area contributed by atoms with Crippen LogP contribution in [0.3, 0.4) is 0 Å². The van der Waals surface area contributed by atoms with Gasteiger partial charge in [-0.1, -0.05) is 63.8 Å². The Balaban J connectivity index is 1.90. The third-order valence-electron chi connectivity index (χ3n) is 5.89. The molecule has 0 N–H and O–H groups in total. The number of hydrogen-bond donors (Lipinski definition) is 0. The van der Waals surface area contributed by atoms with Gasteiger partial charge in [0.15, 0.2) is 0 Å². The van der Waals surface area contributed by atoms with E-state index in [9.17, 15) is 0 Å². The van der Waals surface area contributed by atoms with Gasteiger partial charge in [-0.2, -0.15) is 0 Å². The smallest absolute Gasteiger partial charge is 0.00132 e. The zero-order valence-corrected chi connectivity index (χ0v) is 16.7. The summed E-state index contributed by atoms with van der Waals surface area (Å²) in [5, 5.41) is 0. The first-order chi connectivity index (χ1) is 12.1. The van der Waals surface area contributed by atoms with E-state index >= 15 is 0 Å². The SMILES string of the molecule is CCCCCc1cc2c(cc1C)Cc1cc(C)c(CCCCC)cc1-2. The Labute approximate surface area is 154 Å². The summed E-state index contributed by atoms with van der Waals surface area (Å²) >= 11 is 0. The summed E-state index contributed by atoms with van der Waals surface area (Å²) in [5.74, 6) is 0. The largest absolute Gasteiger partial charge is 0.0654 e. The molecule has 0 saturated heterocycles. The number of hydrogen-bond acceptors (Lipinski definition) is 0. The second-order valence-electron chi connectivity index (χ2n) is 7.96. The number of unbranched alkanes of at least 4 members (excludes halogenated alkanes) is 4. The van der Waals surface area contributed by atoms with Crippen LogP contribution in [0.25, 0.3) is 11.1 Å². The molecule has 0 nitrogen and oxygen atoms in total. The van der Waals surface area contributed by atoms with Crippen LogP contribution < -0.4 is 0 Å². The lowest BCUT2D eigenvalue weighted by Crippen LogP contribution is -1.94. The molecule has 0 spiro atoms. The van der Waals surface area contributed by atoms with E-state index in [0.29, 0.717) is 0 Å². The van der Waals surface area contributed by atoms with E-state index in [1.807, 2.05) is 0 Å².